The fourth-order valence-corrected chi connectivity index (χ4v) is 1.96. The van der Waals surface area contributed by atoms with Gasteiger partial charge in [-0.05, 0) is 18.4 Å². The normalized spacial score (nSPS) is 13.7. The molecule has 1 aliphatic carbocycles. The quantitative estimate of drug-likeness (QED) is 0.782. The van der Waals surface area contributed by atoms with Crippen LogP contribution >= 0.6 is 0 Å². The lowest BCUT2D eigenvalue weighted by molar-refractivity contribution is 0.761. The summed E-state index contributed by atoms with van der Waals surface area (Å²) in [7, 11) is 0. The van der Waals surface area contributed by atoms with Gasteiger partial charge in [-0.2, -0.15) is 15.4 Å². The number of aromatic nitrogens is 5. The fourth-order valence-electron chi connectivity index (χ4n) is 1.96. The predicted molar refractivity (Wildman–Crippen MR) is 58.9 cm³/mol. The molecule has 3 rings (SSSR count). The van der Waals surface area contributed by atoms with E-state index in [9.17, 15) is 0 Å². The number of H-pyrrole nitrogens is 1. The number of nitrogens with zero attached hydrogens (tertiary/aromatic N) is 4. The van der Waals surface area contributed by atoms with Crippen molar-refractivity contribution in [2.24, 2.45) is 0 Å². The van der Waals surface area contributed by atoms with Crippen LogP contribution in [-0.4, -0.2) is 25.4 Å². The maximum absolute atomic E-state index is 4.59. The first-order chi connectivity index (χ1) is 7.75. The van der Waals surface area contributed by atoms with E-state index in [2.05, 4.69) is 39.2 Å². The molecule has 2 heterocycles. The highest BCUT2D eigenvalue weighted by Gasteiger charge is 2.22. The highest BCUT2D eigenvalue weighted by Crippen LogP contribution is 2.28. The molecule has 1 N–H and O–H groups in total. The second-order valence-electron chi connectivity index (χ2n) is 4.38. The molecular weight excluding hydrogens is 202 g/mol. The molecule has 82 valence electrons. The van der Waals surface area contributed by atoms with Gasteiger partial charge in [0, 0.05) is 12.1 Å². The van der Waals surface area contributed by atoms with Crippen molar-refractivity contribution in [2.75, 3.05) is 0 Å². The lowest BCUT2D eigenvalue weighted by Gasteiger charge is -2.14. The lowest BCUT2D eigenvalue weighted by atomic mass is 9.98. The van der Waals surface area contributed by atoms with Crippen LogP contribution in [0.1, 0.15) is 36.8 Å². The Balaban J connectivity index is 2.18. The fraction of sp³-hybridized carbons (Fsp3) is 0.455. The van der Waals surface area contributed by atoms with Crippen LogP contribution in [0.4, 0.5) is 0 Å². The van der Waals surface area contributed by atoms with Crippen molar-refractivity contribution < 1.29 is 0 Å². The van der Waals surface area contributed by atoms with Crippen LogP contribution < -0.4 is 0 Å². The van der Waals surface area contributed by atoms with E-state index in [0.717, 1.165) is 35.7 Å². The number of nitrogens with one attached hydrogen (secondary N) is 1. The van der Waals surface area contributed by atoms with E-state index >= 15 is 0 Å². The number of hydrogen-bond donors (Lipinski definition) is 1. The SMILES string of the molecule is CC(C)c1ncc2c(n1)-c1n[nH]nc1CC2. The van der Waals surface area contributed by atoms with Crippen LogP contribution in [0.25, 0.3) is 11.4 Å². The van der Waals surface area contributed by atoms with Crippen molar-refractivity contribution in [1.29, 1.82) is 0 Å². The average molecular weight is 215 g/mol. The highest BCUT2D eigenvalue weighted by atomic mass is 15.3. The third-order valence-corrected chi connectivity index (χ3v) is 2.88. The Morgan fingerprint density at radius 3 is 2.88 bits per heavy atom. The number of rotatable bonds is 1. The summed E-state index contributed by atoms with van der Waals surface area (Å²) in [6.07, 6.45) is 3.80. The summed E-state index contributed by atoms with van der Waals surface area (Å²) < 4.78 is 0. The smallest absolute Gasteiger partial charge is 0.134 e. The third-order valence-electron chi connectivity index (χ3n) is 2.88. The Morgan fingerprint density at radius 1 is 1.19 bits per heavy atom. The molecule has 0 fully saturated rings. The van der Waals surface area contributed by atoms with Crippen molar-refractivity contribution in [3.05, 3.63) is 23.3 Å². The van der Waals surface area contributed by atoms with E-state index in [4.69, 9.17) is 0 Å². The van der Waals surface area contributed by atoms with Gasteiger partial charge >= 0.3 is 0 Å². The zero-order valence-corrected chi connectivity index (χ0v) is 9.36. The van der Waals surface area contributed by atoms with E-state index in [1.165, 1.54) is 5.56 Å². The minimum absolute atomic E-state index is 0.336. The molecule has 1 aliphatic rings. The van der Waals surface area contributed by atoms with Gasteiger partial charge in [-0.25, -0.2) is 9.97 Å². The van der Waals surface area contributed by atoms with Crippen LogP contribution in [0.2, 0.25) is 0 Å². The van der Waals surface area contributed by atoms with Gasteiger partial charge in [-0.3, -0.25) is 0 Å². The van der Waals surface area contributed by atoms with E-state index in [1.54, 1.807) is 0 Å². The van der Waals surface area contributed by atoms with Crippen molar-refractivity contribution in [2.45, 2.75) is 32.6 Å². The molecule has 2 aromatic rings. The van der Waals surface area contributed by atoms with Gasteiger partial charge in [0.25, 0.3) is 0 Å². The molecule has 0 unspecified atom stereocenters. The van der Waals surface area contributed by atoms with E-state index in [0.29, 0.717) is 5.92 Å². The maximum Gasteiger partial charge on any atom is 0.134 e. The molecule has 0 saturated heterocycles. The summed E-state index contributed by atoms with van der Waals surface area (Å²) >= 11 is 0. The second-order valence-corrected chi connectivity index (χ2v) is 4.38. The van der Waals surface area contributed by atoms with Gasteiger partial charge in [-0.15, -0.1) is 0 Å². The van der Waals surface area contributed by atoms with E-state index < -0.39 is 0 Å². The lowest BCUT2D eigenvalue weighted by Crippen LogP contribution is -2.09. The molecule has 0 radical (unpaired) electrons. The van der Waals surface area contributed by atoms with Crippen LogP contribution in [0.3, 0.4) is 0 Å². The standard InChI is InChI=1S/C11H13N5/c1-6(2)11-12-5-7-3-4-8-10(9(7)13-11)15-16-14-8/h5-6H,3-4H2,1-2H3,(H,14,15,16). The van der Waals surface area contributed by atoms with Crippen LogP contribution in [0.15, 0.2) is 6.20 Å². The Bertz CT molecular complexity index is 529. The number of fused-ring (bicyclic) bond motifs is 3. The monoisotopic (exact) mass is 215 g/mol. The molecule has 0 atom stereocenters. The summed E-state index contributed by atoms with van der Waals surface area (Å²) in [5.74, 6) is 1.21. The maximum atomic E-state index is 4.59. The molecule has 0 amide bonds. The highest BCUT2D eigenvalue weighted by molar-refractivity contribution is 5.63. The van der Waals surface area contributed by atoms with Gasteiger partial charge in [0.2, 0.25) is 0 Å². The summed E-state index contributed by atoms with van der Waals surface area (Å²) in [6, 6.07) is 0. The third kappa shape index (κ3) is 1.31. The molecule has 0 saturated carbocycles. The Hall–Kier alpha value is -1.78. The number of aryl methyl sites for hydroxylation is 2. The minimum atomic E-state index is 0.336. The largest absolute Gasteiger partial charge is 0.241 e. The molecule has 0 aliphatic heterocycles. The first kappa shape index (κ1) is 9.45. The summed E-state index contributed by atoms with van der Waals surface area (Å²) in [6.45, 7) is 4.18. The Labute approximate surface area is 93.3 Å². The second kappa shape index (κ2) is 3.37. The average Bonchev–Trinajstić information content (AvgIpc) is 2.76. The van der Waals surface area contributed by atoms with Crippen LogP contribution in [-0.2, 0) is 12.8 Å². The first-order valence-electron chi connectivity index (χ1n) is 5.51. The molecule has 0 spiro atoms. The van der Waals surface area contributed by atoms with Gasteiger partial charge in [0.1, 0.15) is 11.5 Å². The molecule has 5 heteroatoms. The Kier molecular flexibility index (Phi) is 1.99. The summed E-state index contributed by atoms with van der Waals surface area (Å²) in [5.41, 5.74) is 4.03. The van der Waals surface area contributed by atoms with Gasteiger partial charge in [0.05, 0.1) is 11.4 Å². The van der Waals surface area contributed by atoms with Gasteiger partial charge in [-0.1, -0.05) is 13.8 Å². The number of hydrogen-bond acceptors (Lipinski definition) is 4. The zero-order chi connectivity index (χ0) is 11.1. The van der Waals surface area contributed by atoms with E-state index in [1.807, 2.05) is 6.20 Å². The number of aromatic amines is 1. The molecular formula is C11H13N5. The molecule has 0 bridgehead atoms. The van der Waals surface area contributed by atoms with Crippen molar-refractivity contribution in [3.8, 4) is 11.4 Å². The molecule has 5 nitrogen and oxygen atoms in total. The summed E-state index contributed by atoms with van der Waals surface area (Å²) in [5, 5.41) is 11.0. The molecule has 16 heavy (non-hydrogen) atoms. The van der Waals surface area contributed by atoms with Crippen molar-refractivity contribution >= 4 is 0 Å². The van der Waals surface area contributed by atoms with Gasteiger partial charge in [0.15, 0.2) is 0 Å². The zero-order valence-electron chi connectivity index (χ0n) is 9.36. The van der Waals surface area contributed by atoms with Crippen molar-refractivity contribution in [3.63, 3.8) is 0 Å². The predicted octanol–water partition coefficient (Wildman–Crippen LogP) is 1.48. The molecule has 0 aromatic carbocycles. The van der Waals surface area contributed by atoms with Crippen molar-refractivity contribution in [1.82, 2.24) is 25.4 Å². The van der Waals surface area contributed by atoms with E-state index in [-0.39, 0.29) is 0 Å². The minimum Gasteiger partial charge on any atom is -0.241 e. The topological polar surface area (TPSA) is 67.3 Å². The van der Waals surface area contributed by atoms with Crippen LogP contribution in [0, 0.1) is 0 Å². The first-order valence-corrected chi connectivity index (χ1v) is 5.51. The van der Waals surface area contributed by atoms with Crippen LogP contribution in [0.5, 0.6) is 0 Å². The van der Waals surface area contributed by atoms with Gasteiger partial charge < -0.3 is 0 Å². The molecule has 2 aromatic heterocycles. The Morgan fingerprint density at radius 2 is 2.06 bits per heavy atom. The summed E-state index contributed by atoms with van der Waals surface area (Å²) in [4.78, 5) is 8.97.